The molecule has 0 unspecified atom stereocenters. The predicted molar refractivity (Wildman–Crippen MR) is 127 cm³/mol. The summed E-state index contributed by atoms with van der Waals surface area (Å²) in [7, 11) is 0. The van der Waals surface area contributed by atoms with Crippen molar-refractivity contribution in [3.8, 4) is 22.3 Å². The summed E-state index contributed by atoms with van der Waals surface area (Å²) in [5, 5.41) is 5.04. The van der Waals surface area contributed by atoms with Gasteiger partial charge in [0.05, 0.1) is 0 Å². The first-order valence-electron chi connectivity index (χ1n) is 10.7. The average molecular weight is 507 g/mol. The molecule has 4 aromatic rings. The molecule has 0 N–H and O–H groups in total. The minimum atomic E-state index is 0. The second-order valence-corrected chi connectivity index (χ2v) is 8.39. The summed E-state index contributed by atoms with van der Waals surface area (Å²) in [6.07, 6.45) is 1.00. The quantitative estimate of drug-likeness (QED) is 0.331. The summed E-state index contributed by atoms with van der Waals surface area (Å²) in [6, 6.07) is 28.7. The van der Waals surface area contributed by atoms with Crippen LogP contribution in [0.15, 0.2) is 78.9 Å². The van der Waals surface area contributed by atoms with Gasteiger partial charge in [-0.3, -0.25) is 0 Å². The van der Waals surface area contributed by atoms with Crippen LogP contribution in [0.3, 0.4) is 0 Å². The summed E-state index contributed by atoms with van der Waals surface area (Å²) in [6.45, 7) is 7.16. The van der Waals surface area contributed by atoms with E-state index < -0.39 is 0 Å². The fourth-order valence-electron chi connectivity index (χ4n) is 4.92. The minimum absolute atomic E-state index is 0. The number of benzene rings is 4. The topological polar surface area (TPSA) is 14.1 Å². The van der Waals surface area contributed by atoms with Crippen molar-refractivity contribution in [2.24, 2.45) is 0 Å². The van der Waals surface area contributed by atoms with Crippen LogP contribution in [-0.2, 0) is 34.7 Å². The molecule has 1 radical (unpaired) electrons. The third-order valence-corrected chi connectivity index (χ3v) is 6.20. The average Bonchev–Trinajstić information content (AvgIpc) is 3.12. The van der Waals surface area contributed by atoms with Crippen LogP contribution in [0, 0.1) is 20.8 Å². The molecule has 0 bridgehead atoms. The third-order valence-electron chi connectivity index (χ3n) is 6.20. The molecule has 0 saturated heterocycles. The zero-order valence-corrected chi connectivity index (χ0v) is 22.2. The van der Waals surface area contributed by atoms with Crippen molar-refractivity contribution in [1.82, 2.24) is 0 Å². The van der Waals surface area contributed by atoms with Crippen LogP contribution < -0.4 is 24.8 Å². The molecule has 0 atom stereocenters. The van der Waals surface area contributed by atoms with Crippen molar-refractivity contribution in [2.75, 3.05) is 0 Å². The van der Waals surface area contributed by atoms with E-state index in [0.717, 1.165) is 12.1 Å². The van der Waals surface area contributed by atoms with Gasteiger partial charge in [0.1, 0.15) is 0 Å². The molecular formula is C29H26Cl2NTi. The van der Waals surface area contributed by atoms with Gasteiger partial charge in [-0.1, -0.05) is 101 Å². The summed E-state index contributed by atoms with van der Waals surface area (Å²) in [5.74, 6) is 0. The first kappa shape index (κ1) is 27.2. The smallest absolute Gasteiger partial charge is 1.00 e. The Balaban J connectivity index is 0.00000128. The Kier molecular flexibility index (Phi) is 9.41. The van der Waals surface area contributed by atoms with E-state index >= 15 is 0 Å². The van der Waals surface area contributed by atoms with Crippen molar-refractivity contribution >= 4 is 5.69 Å². The summed E-state index contributed by atoms with van der Waals surface area (Å²) in [5.41, 5.74) is 14.5. The van der Waals surface area contributed by atoms with Crippen LogP contribution in [0.2, 0.25) is 0 Å². The fraction of sp³-hybridized carbons (Fsp3) is 0.172. The monoisotopic (exact) mass is 506 g/mol. The number of rotatable bonds is 4. The predicted octanol–water partition coefficient (Wildman–Crippen LogP) is 2.06. The molecule has 0 amide bonds. The van der Waals surface area contributed by atoms with Crippen LogP contribution in [0.25, 0.3) is 27.6 Å². The van der Waals surface area contributed by atoms with E-state index in [0.29, 0.717) is 6.54 Å². The maximum absolute atomic E-state index is 5.04. The van der Waals surface area contributed by atoms with Gasteiger partial charge in [-0.05, 0) is 60.6 Å². The number of aryl methyl sites for hydroxylation is 3. The summed E-state index contributed by atoms with van der Waals surface area (Å²) < 4.78 is 0. The van der Waals surface area contributed by atoms with E-state index in [4.69, 9.17) is 5.32 Å². The second-order valence-electron chi connectivity index (χ2n) is 8.39. The van der Waals surface area contributed by atoms with E-state index in [1.807, 2.05) is 0 Å². The van der Waals surface area contributed by atoms with Crippen LogP contribution in [0.1, 0.15) is 33.4 Å². The Labute approximate surface area is 224 Å². The van der Waals surface area contributed by atoms with Crippen LogP contribution in [-0.4, -0.2) is 0 Å². The van der Waals surface area contributed by atoms with Crippen LogP contribution in [0.5, 0.6) is 0 Å². The number of hydrogen-bond acceptors (Lipinski definition) is 0. The van der Waals surface area contributed by atoms with Gasteiger partial charge in [0.25, 0.3) is 0 Å². The molecule has 1 aliphatic carbocycles. The molecule has 4 aromatic carbocycles. The molecule has 0 aromatic heterocycles. The van der Waals surface area contributed by atoms with Crippen molar-refractivity contribution in [2.45, 2.75) is 33.7 Å². The van der Waals surface area contributed by atoms with Crippen molar-refractivity contribution in [3.63, 3.8) is 0 Å². The normalized spacial score (nSPS) is 10.8. The maximum Gasteiger partial charge on any atom is 3.00 e. The summed E-state index contributed by atoms with van der Waals surface area (Å²) >= 11 is 0. The van der Waals surface area contributed by atoms with Gasteiger partial charge >= 0.3 is 21.7 Å². The Bertz CT molecular complexity index is 1240. The first-order valence-corrected chi connectivity index (χ1v) is 10.7. The number of halogens is 2. The molecule has 0 fully saturated rings. The van der Waals surface area contributed by atoms with E-state index in [2.05, 4.69) is 99.6 Å². The third kappa shape index (κ3) is 5.23. The molecule has 33 heavy (non-hydrogen) atoms. The number of fused-ring (bicyclic) bond motifs is 3. The van der Waals surface area contributed by atoms with E-state index in [9.17, 15) is 0 Å². The molecule has 1 nitrogen and oxygen atoms in total. The molecule has 0 heterocycles. The molecule has 4 heteroatoms. The van der Waals surface area contributed by atoms with Gasteiger partial charge in [0.15, 0.2) is 0 Å². The van der Waals surface area contributed by atoms with Gasteiger partial charge in [-0.15, -0.1) is 12.2 Å². The number of nitrogens with zero attached hydrogens (tertiary/aromatic N) is 1. The Morgan fingerprint density at radius 1 is 0.667 bits per heavy atom. The van der Waals surface area contributed by atoms with Gasteiger partial charge < -0.3 is 30.1 Å². The molecule has 1 aliphatic rings. The first-order chi connectivity index (χ1) is 14.6. The van der Waals surface area contributed by atoms with Crippen molar-refractivity contribution in [1.29, 1.82) is 0 Å². The molecule has 0 spiro atoms. The maximum atomic E-state index is 5.04. The van der Waals surface area contributed by atoms with Crippen molar-refractivity contribution < 1.29 is 46.5 Å². The van der Waals surface area contributed by atoms with Crippen LogP contribution >= 0.6 is 0 Å². The molecular weight excluding hydrogens is 481 g/mol. The Hall–Kier alpha value is -2.03. The Morgan fingerprint density at radius 2 is 1.21 bits per heavy atom. The van der Waals surface area contributed by atoms with Gasteiger partial charge in [-0.25, -0.2) is 0 Å². The van der Waals surface area contributed by atoms with E-state index in [1.165, 1.54) is 55.6 Å². The van der Waals surface area contributed by atoms with Gasteiger partial charge in [0, 0.05) is 0 Å². The second kappa shape index (κ2) is 11.4. The van der Waals surface area contributed by atoms with Crippen molar-refractivity contribution in [3.05, 3.63) is 118 Å². The minimum Gasteiger partial charge on any atom is -1.00 e. The van der Waals surface area contributed by atoms with Gasteiger partial charge in [-0.2, -0.15) is 0 Å². The number of hydrogen-bond donors (Lipinski definition) is 0. The largest absolute Gasteiger partial charge is 3.00 e. The summed E-state index contributed by atoms with van der Waals surface area (Å²) in [4.78, 5) is 0. The van der Waals surface area contributed by atoms with E-state index in [-0.39, 0.29) is 46.5 Å². The van der Waals surface area contributed by atoms with E-state index in [1.54, 1.807) is 0 Å². The van der Waals surface area contributed by atoms with Crippen LogP contribution in [0.4, 0.5) is 5.69 Å². The zero-order chi connectivity index (χ0) is 20.7. The molecule has 165 valence electrons. The standard InChI is InChI=1S/C29H26N.2ClH.Ti/c1-19-15-20(2)29(21(3)16-19)30-18-23-10-5-7-12-25(23)27-14-8-13-26-24-11-6-4-9-22(24)17-28(26)27;;;/h4-16H,17-18H2,1-3H3;2*1H;/q-1;;;+3/p-2. The molecule has 0 saturated carbocycles. The zero-order valence-electron chi connectivity index (χ0n) is 19.1. The Morgan fingerprint density at radius 3 is 1.91 bits per heavy atom. The fourth-order valence-corrected chi connectivity index (χ4v) is 4.92. The molecule has 0 aliphatic heterocycles. The SMILES string of the molecule is Cc1cc(C)c([N-]Cc2ccccc2-c2cccc3c2Cc2ccccc2-3)c(C)c1.[Cl-].[Cl-].[Ti+3]. The molecule has 5 rings (SSSR count). The van der Waals surface area contributed by atoms with Gasteiger partial charge in [0.2, 0.25) is 0 Å².